The van der Waals surface area contributed by atoms with Crippen molar-refractivity contribution in [1.82, 2.24) is 20.5 Å². The Bertz CT molecular complexity index is 695. The van der Waals surface area contributed by atoms with Gasteiger partial charge in [-0.3, -0.25) is 14.9 Å². The van der Waals surface area contributed by atoms with Crippen molar-refractivity contribution in [3.05, 3.63) is 47.0 Å². The Morgan fingerprint density at radius 2 is 2.14 bits per heavy atom. The number of hydrogen-bond donors (Lipinski definition) is 2. The number of nitrogens with one attached hydrogen (secondary N) is 2. The van der Waals surface area contributed by atoms with Gasteiger partial charge in [0, 0.05) is 24.1 Å². The third kappa shape index (κ3) is 2.95. The van der Waals surface area contributed by atoms with Crippen LogP contribution < -0.4 is 5.32 Å². The van der Waals surface area contributed by atoms with E-state index < -0.39 is 17.6 Å². The quantitative estimate of drug-likeness (QED) is 0.892. The number of alkyl halides is 3. The minimum absolute atomic E-state index is 0.0900. The molecule has 1 amide bonds. The number of carbonyl (C=O) groups is 1. The predicted octanol–water partition coefficient (Wildman–Crippen LogP) is 2.11. The Hall–Kier alpha value is -2.38. The molecular weight excluding hydrogens is 297 g/mol. The standard InChI is InChI=1S/C14H13F3N4O/c15-14(16,17)10-3-9(5-18-7-10)13(22)20-11-1-2-12-8(4-11)6-19-21-12/h3,5-7,11H,1-2,4H2,(H,19,21)(H,20,22). The summed E-state index contributed by atoms with van der Waals surface area (Å²) in [6.07, 6.45) is 1.11. The van der Waals surface area contributed by atoms with Crippen molar-refractivity contribution in [2.24, 2.45) is 0 Å². The molecule has 2 N–H and O–H groups in total. The highest BCUT2D eigenvalue weighted by molar-refractivity contribution is 5.94. The van der Waals surface area contributed by atoms with Gasteiger partial charge in [0.25, 0.3) is 5.91 Å². The SMILES string of the molecule is O=C(NC1CCc2[nH]ncc2C1)c1cncc(C(F)(F)F)c1. The molecule has 1 atom stereocenters. The van der Waals surface area contributed by atoms with E-state index in [2.05, 4.69) is 20.5 Å². The van der Waals surface area contributed by atoms with Gasteiger partial charge in [-0.1, -0.05) is 0 Å². The van der Waals surface area contributed by atoms with Crippen molar-refractivity contribution in [1.29, 1.82) is 0 Å². The molecule has 0 spiro atoms. The number of pyridine rings is 1. The summed E-state index contributed by atoms with van der Waals surface area (Å²) in [5.41, 5.74) is 1.05. The third-order valence-corrected chi connectivity index (χ3v) is 3.68. The number of aromatic nitrogens is 3. The van der Waals surface area contributed by atoms with Crippen LogP contribution in [0.15, 0.2) is 24.7 Å². The molecular formula is C14H13F3N4O. The van der Waals surface area contributed by atoms with E-state index in [9.17, 15) is 18.0 Å². The lowest BCUT2D eigenvalue weighted by Crippen LogP contribution is -2.38. The number of aromatic amines is 1. The highest BCUT2D eigenvalue weighted by Crippen LogP contribution is 2.29. The van der Waals surface area contributed by atoms with Gasteiger partial charge in [0.2, 0.25) is 0 Å². The van der Waals surface area contributed by atoms with Gasteiger partial charge in [-0.2, -0.15) is 18.3 Å². The highest BCUT2D eigenvalue weighted by atomic mass is 19.4. The van der Waals surface area contributed by atoms with E-state index >= 15 is 0 Å². The Labute approximate surface area is 123 Å². The summed E-state index contributed by atoms with van der Waals surface area (Å²) in [5.74, 6) is -0.546. The molecule has 22 heavy (non-hydrogen) atoms. The van der Waals surface area contributed by atoms with E-state index in [1.54, 1.807) is 6.20 Å². The van der Waals surface area contributed by atoms with E-state index in [0.29, 0.717) is 19.0 Å². The first-order valence-corrected chi connectivity index (χ1v) is 6.77. The molecule has 1 unspecified atom stereocenters. The molecule has 1 aliphatic rings. The van der Waals surface area contributed by atoms with E-state index in [0.717, 1.165) is 29.9 Å². The number of rotatable bonds is 2. The van der Waals surface area contributed by atoms with Crippen molar-refractivity contribution >= 4 is 5.91 Å². The summed E-state index contributed by atoms with van der Waals surface area (Å²) < 4.78 is 37.9. The number of fused-ring (bicyclic) bond motifs is 1. The largest absolute Gasteiger partial charge is 0.417 e. The number of H-pyrrole nitrogens is 1. The zero-order chi connectivity index (χ0) is 15.7. The topological polar surface area (TPSA) is 70.7 Å². The van der Waals surface area contributed by atoms with Crippen LogP contribution in [0.5, 0.6) is 0 Å². The summed E-state index contributed by atoms with van der Waals surface area (Å²) in [7, 11) is 0. The monoisotopic (exact) mass is 310 g/mol. The molecule has 2 aromatic heterocycles. The maximum Gasteiger partial charge on any atom is 0.417 e. The predicted molar refractivity (Wildman–Crippen MR) is 71.1 cm³/mol. The molecule has 0 bridgehead atoms. The average molecular weight is 310 g/mol. The first-order valence-electron chi connectivity index (χ1n) is 6.77. The number of aryl methyl sites for hydroxylation is 1. The van der Waals surface area contributed by atoms with Crippen molar-refractivity contribution in [3.63, 3.8) is 0 Å². The summed E-state index contributed by atoms with van der Waals surface area (Å²) >= 11 is 0. The maximum atomic E-state index is 12.6. The van der Waals surface area contributed by atoms with Crippen molar-refractivity contribution < 1.29 is 18.0 Å². The van der Waals surface area contributed by atoms with Crippen LogP contribution in [0.1, 0.15) is 33.6 Å². The normalized spacial score (nSPS) is 17.9. The van der Waals surface area contributed by atoms with E-state index in [1.807, 2.05) is 0 Å². The van der Waals surface area contributed by atoms with Crippen LogP contribution in [0.4, 0.5) is 13.2 Å². The van der Waals surface area contributed by atoms with Crippen LogP contribution in [0.2, 0.25) is 0 Å². The first-order chi connectivity index (χ1) is 10.4. The van der Waals surface area contributed by atoms with E-state index in [1.165, 1.54) is 0 Å². The Kier molecular flexibility index (Phi) is 3.59. The smallest absolute Gasteiger partial charge is 0.349 e. The number of halogens is 3. The Morgan fingerprint density at radius 1 is 1.32 bits per heavy atom. The minimum Gasteiger partial charge on any atom is -0.349 e. The zero-order valence-electron chi connectivity index (χ0n) is 11.4. The zero-order valence-corrected chi connectivity index (χ0v) is 11.4. The van der Waals surface area contributed by atoms with Gasteiger partial charge in [-0.05, 0) is 30.9 Å². The number of carbonyl (C=O) groups excluding carboxylic acids is 1. The van der Waals surface area contributed by atoms with Crippen LogP contribution in [0.25, 0.3) is 0 Å². The molecule has 2 heterocycles. The minimum atomic E-state index is -4.51. The van der Waals surface area contributed by atoms with Crippen molar-refractivity contribution in [2.45, 2.75) is 31.5 Å². The molecule has 1 aliphatic carbocycles. The first kappa shape index (κ1) is 14.6. The molecule has 0 aromatic carbocycles. The second kappa shape index (κ2) is 5.43. The summed E-state index contributed by atoms with van der Waals surface area (Å²) in [6.45, 7) is 0. The molecule has 2 aromatic rings. The summed E-state index contributed by atoms with van der Waals surface area (Å²) in [6, 6.07) is 0.696. The molecule has 0 aliphatic heterocycles. The van der Waals surface area contributed by atoms with E-state index in [4.69, 9.17) is 0 Å². The van der Waals surface area contributed by atoms with Crippen LogP contribution >= 0.6 is 0 Å². The van der Waals surface area contributed by atoms with Gasteiger partial charge in [-0.25, -0.2) is 0 Å². The van der Waals surface area contributed by atoms with Crippen molar-refractivity contribution in [2.75, 3.05) is 0 Å². The second-order valence-electron chi connectivity index (χ2n) is 5.25. The fraction of sp³-hybridized carbons (Fsp3) is 0.357. The van der Waals surface area contributed by atoms with Crippen LogP contribution in [0, 0.1) is 0 Å². The molecule has 5 nitrogen and oxygen atoms in total. The molecule has 0 saturated heterocycles. The Morgan fingerprint density at radius 3 is 2.91 bits per heavy atom. The lowest BCUT2D eigenvalue weighted by atomic mass is 9.93. The van der Waals surface area contributed by atoms with Crippen LogP contribution in [-0.4, -0.2) is 27.1 Å². The van der Waals surface area contributed by atoms with Crippen molar-refractivity contribution in [3.8, 4) is 0 Å². The third-order valence-electron chi connectivity index (χ3n) is 3.68. The molecule has 0 fully saturated rings. The number of nitrogens with zero attached hydrogens (tertiary/aromatic N) is 2. The van der Waals surface area contributed by atoms with Gasteiger partial charge in [0.1, 0.15) is 0 Å². The Balaban J connectivity index is 1.70. The molecule has 3 rings (SSSR count). The van der Waals surface area contributed by atoms with Crippen LogP contribution in [0.3, 0.4) is 0 Å². The number of amides is 1. The molecule has 116 valence electrons. The molecule has 0 saturated carbocycles. The van der Waals surface area contributed by atoms with Gasteiger partial charge >= 0.3 is 6.18 Å². The van der Waals surface area contributed by atoms with Gasteiger partial charge < -0.3 is 5.32 Å². The fourth-order valence-electron chi connectivity index (χ4n) is 2.53. The average Bonchev–Trinajstić information content (AvgIpc) is 2.94. The molecule has 8 heteroatoms. The summed E-state index contributed by atoms with van der Waals surface area (Å²) in [4.78, 5) is 15.6. The summed E-state index contributed by atoms with van der Waals surface area (Å²) in [5, 5.41) is 9.59. The van der Waals surface area contributed by atoms with Gasteiger partial charge in [-0.15, -0.1) is 0 Å². The van der Waals surface area contributed by atoms with E-state index in [-0.39, 0.29) is 11.6 Å². The lowest BCUT2D eigenvalue weighted by molar-refractivity contribution is -0.137. The fourth-order valence-corrected chi connectivity index (χ4v) is 2.53. The maximum absolute atomic E-state index is 12.6. The molecule has 0 radical (unpaired) electrons. The number of hydrogen-bond acceptors (Lipinski definition) is 3. The van der Waals surface area contributed by atoms with Gasteiger partial charge in [0.15, 0.2) is 0 Å². The highest BCUT2D eigenvalue weighted by Gasteiger charge is 2.32. The second-order valence-corrected chi connectivity index (χ2v) is 5.25. The van der Waals surface area contributed by atoms with Gasteiger partial charge in [0.05, 0.1) is 17.3 Å². The lowest BCUT2D eigenvalue weighted by Gasteiger charge is -2.22. The van der Waals surface area contributed by atoms with Crippen LogP contribution in [-0.2, 0) is 19.0 Å².